The third kappa shape index (κ3) is 1.76. The van der Waals surface area contributed by atoms with E-state index in [1.54, 1.807) is 0 Å². The van der Waals surface area contributed by atoms with E-state index in [0.29, 0.717) is 10.8 Å². The van der Waals surface area contributed by atoms with E-state index < -0.39 is 0 Å². The average Bonchev–Trinajstić information content (AvgIpc) is 2.71. The van der Waals surface area contributed by atoms with E-state index >= 15 is 0 Å². The Bertz CT molecular complexity index is 289. The Hall–Kier alpha value is -0.420. The Kier molecular flexibility index (Phi) is 2.64. The molecule has 1 aromatic heterocycles. The molecule has 2 heterocycles. The fraction of sp³-hybridized carbons (Fsp3) is 0.750. The van der Waals surface area contributed by atoms with Crippen LogP contribution in [0.1, 0.15) is 31.7 Å². The topological polar surface area (TPSA) is 42.2 Å². The van der Waals surface area contributed by atoms with Gasteiger partial charge in [0.25, 0.3) is 0 Å². The molecule has 0 spiro atoms. The van der Waals surface area contributed by atoms with Crippen LogP contribution in [0.25, 0.3) is 0 Å². The third-order valence-corrected chi connectivity index (χ3v) is 2.79. The van der Waals surface area contributed by atoms with Crippen molar-refractivity contribution in [3.63, 3.8) is 0 Å². The van der Waals surface area contributed by atoms with Crippen molar-refractivity contribution in [2.24, 2.45) is 0 Å². The monoisotopic (exact) mass is 245 g/mol. The van der Waals surface area contributed by atoms with E-state index in [2.05, 4.69) is 37.9 Å². The van der Waals surface area contributed by atoms with Crippen LogP contribution in [0.2, 0.25) is 0 Å². The van der Waals surface area contributed by atoms with Gasteiger partial charge in [0.2, 0.25) is 10.6 Å². The van der Waals surface area contributed by atoms with Crippen molar-refractivity contribution in [3.8, 4) is 0 Å². The van der Waals surface area contributed by atoms with Crippen LogP contribution >= 0.6 is 15.9 Å². The van der Waals surface area contributed by atoms with Crippen molar-refractivity contribution in [2.45, 2.75) is 25.8 Å². The van der Waals surface area contributed by atoms with Gasteiger partial charge in [0.05, 0.1) is 6.04 Å². The molecule has 1 saturated heterocycles. The minimum atomic E-state index is 0.337. The summed E-state index contributed by atoms with van der Waals surface area (Å²) in [6, 6.07) is 0.337. The number of rotatable bonds is 2. The fourth-order valence-corrected chi connectivity index (χ4v) is 2.08. The summed E-state index contributed by atoms with van der Waals surface area (Å²) in [6.45, 7) is 4.34. The van der Waals surface area contributed by atoms with Crippen molar-refractivity contribution in [1.29, 1.82) is 0 Å². The number of hydrogen-bond donors (Lipinski definition) is 0. The third-order valence-electron chi connectivity index (χ3n) is 2.47. The van der Waals surface area contributed by atoms with Gasteiger partial charge in [0, 0.05) is 0 Å². The Morgan fingerprint density at radius 1 is 1.69 bits per heavy atom. The van der Waals surface area contributed by atoms with Gasteiger partial charge in [-0.25, -0.2) is 0 Å². The highest BCUT2D eigenvalue weighted by molar-refractivity contribution is 9.10. The Morgan fingerprint density at radius 2 is 2.54 bits per heavy atom. The van der Waals surface area contributed by atoms with Crippen LogP contribution in [0.4, 0.5) is 0 Å². The van der Waals surface area contributed by atoms with Crippen LogP contribution in [0.3, 0.4) is 0 Å². The minimum absolute atomic E-state index is 0.337. The first-order chi connectivity index (χ1) is 6.31. The van der Waals surface area contributed by atoms with E-state index in [4.69, 9.17) is 4.52 Å². The zero-order valence-corrected chi connectivity index (χ0v) is 9.12. The number of nitrogens with zero attached hydrogens (tertiary/aromatic N) is 3. The lowest BCUT2D eigenvalue weighted by atomic mass is 10.2. The lowest BCUT2D eigenvalue weighted by molar-refractivity contribution is 0.217. The Labute approximate surface area is 85.4 Å². The highest BCUT2D eigenvalue weighted by atomic mass is 79.9. The van der Waals surface area contributed by atoms with Gasteiger partial charge in [-0.05, 0) is 47.0 Å². The van der Waals surface area contributed by atoms with E-state index in [0.717, 1.165) is 25.4 Å². The molecule has 0 bridgehead atoms. The standard InChI is InChI=1S/C8H12BrN3O/c1-2-12-5-3-4-6(12)7-10-8(9)11-13-7/h6H,2-5H2,1H3. The van der Waals surface area contributed by atoms with Gasteiger partial charge in [0.1, 0.15) is 0 Å². The second-order valence-electron chi connectivity index (χ2n) is 3.19. The van der Waals surface area contributed by atoms with Gasteiger partial charge < -0.3 is 4.52 Å². The molecule has 0 amide bonds. The van der Waals surface area contributed by atoms with Crippen LogP contribution < -0.4 is 0 Å². The highest BCUT2D eigenvalue weighted by Gasteiger charge is 2.28. The predicted octanol–water partition coefficient (Wildman–Crippen LogP) is 1.99. The molecular formula is C8H12BrN3O. The van der Waals surface area contributed by atoms with Crippen molar-refractivity contribution < 1.29 is 4.52 Å². The molecule has 72 valence electrons. The lowest BCUT2D eigenvalue weighted by Crippen LogP contribution is -2.22. The van der Waals surface area contributed by atoms with Gasteiger partial charge in [-0.3, -0.25) is 4.90 Å². The molecule has 0 aliphatic carbocycles. The zero-order valence-electron chi connectivity index (χ0n) is 7.53. The fourth-order valence-electron chi connectivity index (χ4n) is 1.84. The van der Waals surface area contributed by atoms with Crippen LogP contribution in [0.5, 0.6) is 0 Å². The maximum Gasteiger partial charge on any atom is 0.244 e. The first-order valence-electron chi connectivity index (χ1n) is 4.54. The van der Waals surface area contributed by atoms with Crippen LogP contribution in [0.15, 0.2) is 9.26 Å². The van der Waals surface area contributed by atoms with Crippen molar-refractivity contribution >= 4 is 15.9 Å². The molecule has 1 unspecified atom stereocenters. The second kappa shape index (κ2) is 3.75. The largest absolute Gasteiger partial charge is 0.337 e. The van der Waals surface area contributed by atoms with E-state index in [1.807, 2.05) is 0 Å². The summed E-state index contributed by atoms with van der Waals surface area (Å²) in [5.41, 5.74) is 0. The molecule has 1 fully saturated rings. The SMILES string of the molecule is CCN1CCCC1c1nc(Br)no1. The summed E-state index contributed by atoms with van der Waals surface area (Å²) in [5, 5.41) is 3.73. The first-order valence-corrected chi connectivity index (χ1v) is 5.33. The Balaban J connectivity index is 2.15. The number of likely N-dealkylation sites (tertiary alicyclic amines) is 1. The molecule has 5 heteroatoms. The second-order valence-corrected chi connectivity index (χ2v) is 3.90. The van der Waals surface area contributed by atoms with Crippen LogP contribution in [0, 0.1) is 0 Å². The van der Waals surface area contributed by atoms with Crippen molar-refractivity contribution in [2.75, 3.05) is 13.1 Å². The summed E-state index contributed by atoms with van der Waals surface area (Å²) in [6.07, 6.45) is 2.35. The molecule has 13 heavy (non-hydrogen) atoms. The minimum Gasteiger partial charge on any atom is -0.337 e. The van der Waals surface area contributed by atoms with Crippen LogP contribution in [-0.2, 0) is 0 Å². The summed E-state index contributed by atoms with van der Waals surface area (Å²) in [4.78, 5) is 6.55. The van der Waals surface area contributed by atoms with Gasteiger partial charge in [-0.2, -0.15) is 4.98 Å². The molecule has 1 aromatic rings. The molecule has 2 rings (SSSR count). The quantitative estimate of drug-likeness (QED) is 0.800. The summed E-state index contributed by atoms with van der Waals surface area (Å²) in [7, 11) is 0. The summed E-state index contributed by atoms with van der Waals surface area (Å²) >= 11 is 3.19. The van der Waals surface area contributed by atoms with Crippen molar-refractivity contribution in [1.82, 2.24) is 15.0 Å². The smallest absolute Gasteiger partial charge is 0.244 e. The first kappa shape index (κ1) is 9.15. The number of aromatic nitrogens is 2. The molecule has 1 atom stereocenters. The molecule has 1 aliphatic rings. The molecule has 0 N–H and O–H groups in total. The molecule has 4 nitrogen and oxygen atoms in total. The molecule has 0 aromatic carbocycles. The van der Waals surface area contributed by atoms with E-state index in [9.17, 15) is 0 Å². The summed E-state index contributed by atoms with van der Waals surface area (Å²) < 4.78 is 5.68. The predicted molar refractivity (Wildman–Crippen MR) is 51.2 cm³/mol. The normalized spacial score (nSPS) is 24.0. The molecule has 0 saturated carbocycles. The van der Waals surface area contributed by atoms with Gasteiger partial charge >= 0.3 is 0 Å². The molecular weight excluding hydrogens is 234 g/mol. The van der Waals surface area contributed by atoms with E-state index in [-0.39, 0.29) is 0 Å². The lowest BCUT2D eigenvalue weighted by Gasteiger charge is -2.18. The molecule has 1 aliphatic heterocycles. The Morgan fingerprint density at radius 3 is 3.15 bits per heavy atom. The summed E-state index contributed by atoms with van der Waals surface area (Å²) in [5.74, 6) is 0.742. The zero-order chi connectivity index (χ0) is 9.26. The number of hydrogen-bond acceptors (Lipinski definition) is 4. The highest BCUT2D eigenvalue weighted by Crippen LogP contribution is 2.30. The van der Waals surface area contributed by atoms with Gasteiger partial charge in [-0.1, -0.05) is 6.92 Å². The average molecular weight is 246 g/mol. The maximum atomic E-state index is 5.13. The van der Waals surface area contributed by atoms with Gasteiger partial charge in [-0.15, -0.1) is 0 Å². The van der Waals surface area contributed by atoms with Gasteiger partial charge in [0.15, 0.2) is 0 Å². The number of halogens is 1. The van der Waals surface area contributed by atoms with Crippen LogP contribution in [-0.4, -0.2) is 28.1 Å². The maximum absolute atomic E-state index is 5.13. The molecule has 0 radical (unpaired) electrons. The van der Waals surface area contributed by atoms with Crippen molar-refractivity contribution in [3.05, 3.63) is 10.6 Å². The van der Waals surface area contributed by atoms with E-state index in [1.165, 1.54) is 6.42 Å².